The van der Waals surface area contributed by atoms with Gasteiger partial charge < -0.3 is 9.64 Å². The molecule has 1 aliphatic carbocycles. The fourth-order valence-electron chi connectivity index (χ4n) is 4.24. The Bertz CT molecular complexity index is 532. The number of benzene rings is 1. The van der Waals surface area contributed by atoms with Crippen molar-refractivity contribution in [2.75, 3.05) is 13.1 Å². The molecule has 1 saturated heterocycles. The van der Waals surface area contributed by atoms with Gasteiger partial charge in [-0.3, -0.25) is 0 Å². The minimum Gasteiger partial charge on any atom is -0.487 e. The molecule has 114 valence electrons. The van der Waals surface area contributed by atoms with Gasteiger partial charge in [-0.25, -0.2) is 0 Å². The summed E-state index contributed by atoms with van der Waals surface area (Å²) < 4.78 is 7.54. The van der Waals surface area contributed by atoms with Crippen molar-refractivity contribution < 1.29 is 4.74 Å². The predicted molar refractivity (Wildman–Crippen MR) is 88.8 cm³/mol. The van der Waals surface area contributed by atoms with Crippen molar-refractivity contribution in [3.63, 3.8) is 0 Å². The summed E-state index contributed by atoms with van der Waals surface area (Å²) >= 11 is 3.57. The van der Waals surface area contributed by atoms with Crippen molar-refractivity contribution >= 4 is 15.9 Å². The molecule has 0 bridgehead atoms. The van der Waals surface area contributed by atoms with E-state index in [1.165, 1.54) is 50.8 Å². The minimum atomic E-state index is 0.0823. The number of halogens is 1. The van der Waals surface area contributed by atoms with Gasteiger partial charge in [0.25, 0.3) is 0 Å². The highest BCUT2D eigenvalue weighted by Crippen LogP contribution is 2.43. The largest absolute Gasteiger partial charge is 0.487 e. The Balaban J connectivity index is 1.41. The normalized spacial score (nSPS) is 26.2. The van der Waals surface area contributed by atoms with Gasteiger partial charge in [-0.1, -0.05) is 22.4 Å². The van der Waals surface area contributed by atoms with Crippen LogP contribution in [0.25, 0.3) is 0 Å². The Morgan fingerprint density at radius 1 is 1.29 bits per heavy atom. The second-order valence-corrected chi connectivity index (χ2v) is 8.10. The van der Waals surface area contributed by atoms with E-state index < -0.39 is 0 Å². The predicted octanol–water partition coefficient (Wildman–Crippen LogP) is 4.41. The topological polar surface area (TPSA) is 12.5 Å². The Labute approximate surface area is 136 Å². The monoisotopic (exact) mass is 349 g/mol. The maximum Gasteiger partial charge on any atom is 0.123 e. The molecule has 1 saturated carbocycles. The highest BCUT2D eigenvalue weighted by Gasteiger charge is 2.43. The van der Waals surface area contributed by atoms with E-state index in [1.807, 2.05) is 0 Å². The molecule has 3 aliphatic rings. The summed E-state index contributed by atoms with van der Waals surface area (Å²) in [6.45, 7) is 4.84. The summed E-state index contributed by atoms with van der Waals surface area (Å²) in [7, 11) is 0. The first kappa shape index (κ1) is 14.1. The first-order chi connectivity index (χ1) is 10.2. The molecule has 2 fully saturated rings. The van der Waals surface area contributed by atoms with Gasteiger partial charge in [0.15, 0.2) is 0 Å². The van der Waals surface area contributed by atoms with Crippen LogP contribution in [0.15, 0.2) is 22.7 Å². The molecule has 0 amide bonds. The van der Waals surface area contributed by atoms with E-state index in [4.69, 9.17) is 4.74 Å². The standard InChI is InChI=1S/C18H24BrNO/c1-13(14-3-2-4-14)20-9-7-18(8-10-20)12-15-11-16(19)5-6-17(15)21-18/h5-6,11,13-14H,2-4,7-10,12H2,1H3/t13-/m0/s1. The van der Waals surface area contributed by atoms with Crippen LogP contribution in [0.4, 0.5) is 0 Å². The Morgan fingerprint density at radius 3 is 2.71 bits per heavy atom. The van der Waals surface area contributed by atoms with E-state index in [9.17, 15) is 0 Å². The molecule has 1 atom stereocenters. The number of rotatable bonds is 2. The minimum absolute atomic E-state index is 0.0823. The number of nitrogens with zero attached hydrogens (tertiary/aromatic N) is 1. The molecule has 0 N–H and O–H groups in total. The van der Waals surface area contributed by atoms with Gasteiger partial charge in [-0.05, 0) is 49.4 Å². The van der Waals surface area contributed by atoms with Gasteiger partial charge in [-0.15, -0.1) is 0 Å². The fourth-order valence-corrected chi connectivity index (χ4v) is 4.65. The van der Waals surface area contributed by atoms with Gasteiger partial charge in [0.05, 0.1) is 0 Å². The molecule has 3 heteroatoms. The number of fused-ring (bicyclic) bond motifs is 1. The number of likely N-dealkylation sites (tertiary alicyclic amines) is 1. The highest BCUT2D eigenvalue weighted by molar-refractivity contribution is 9.10. The number of ether oxygens (including phenoxy) is 1. The molecular formula is C18H24BrNO. The van der Waals surface area contributed by atoms with E-state index in [1.54, 1.807) is 0 Å². The van der Waals surface area contributed by atoms with Crippen LogP contribution >= 0.6 is 15.9 Å². The molecule has 0 radical (unpaired) electrons. The van der Waals surface area contributed by atoms with Gasteiger partial charge in [-0.2, -0.15) is 0 Å². The second kappa shape index (κ2) is 5.27. The number of hydrogen-bond donors (Lipinski definition) is 0. The highest BCUT2D eigenvalue weighted by atomic mass is 79.9. The van der Waals surface area contributed by atoms with Crippen molar-refractivity contribution in [2.24, 2.45) is 5.92 Å². The van der Waals surface area contributed by atoms with Crippen molar-refractivity contribution in [1.82, 2.24) is 4.90 Å². The molecular weight excluding hydrogens is 326 g/mol. The van der Waals surface area contributed by atoms with Crippen molar-refractivity contribution in [3.05, 3.63) is 28.2 Å². The van der Waals surface area contributed by atoms with E-state index >= 15 is 0 Å². The van der Waals surface area contributed by atoms with E-state index in [0.29, 0.717) is 0 Å². The SMILES string of the molecule is C[C@@H](C1CCC1)N1CCC2(CC1)Cc1cc(Br)ccc1O2. The summed E-state index contributed by atoms with van der Waals surface area (Å²) in [5.74, 6) is 2.07. The summed E-state index contributed by atoms with van der Waals surface area (Å²) in [6, 6.07) is 7.21. The number of hydrogen-bond acceptors (Lipinski definition) is 2. The third-order valence-corrected chi connectivity index (χ3v) is 6.47. The third kappa shape index (κ3) is 2.53. The molecule has 0 aromatic heterocycles. The van der Waals surface area contributed by atoms with Crippen LogP contribution < -0.4 is 4.74 Å². The Morgan fingerprint density at radius 2 is 2.05 bits per heavy atom. The summed E-state index contributed by atoms with van der Waals surface area (Å²) in [6.07, 6.45) is 7.78. The molecule has 1 aromatic rings. The van der Waals surface area contributed by atoms with Crippen LogP contribution in [0.2, 0.25) is 0 Å². The Kier molecular flexibility index (Phi) is 3.54. The van der Waals surface area contributed by atoms with Crippen LogP contribution in [0, 0.1) is 5.92 Å². The molecule has 0 unspecified atom stereocenters. The quantitative estimate of drug-likeness (QED) is 0.784. The van der Waals surface area contributed by atoms with Crippen LogP contribution in [0.5, 0.6) is 5.75 Å². The molecule has 1 aromatic carbocycles. The van der Waals surface area contributed by atoms with Gasteiger partial charge in [0.2, 0.25) is 0 Å². The second-order valence-electron chi connectivity index (χ2n) is 7.18. The Hall–Kier alpha value is -0.540. The molecule has 2 nitrogen and oxygen atoms in total. The number of piperidine rings is 1. The van der Waals surface area contributed by atoms with Crippen LogP contribution in [0.3, 0.4) is 0 Å². The van der Waals surface area contributed by atoms with Gasteiger partial charge in [0, 0.05) is 42.9 Å². The maximum absolute atomic E-state index is 6.37. The van der Waals surface area contributed by atoms with Crippen molar-refractivity contribution in [2.45, 2.75) is 57.1 Å². The van der Waals surface area contributed by atoms with Gasteiger partial charge >= 0.3 is 0 Å². The van der Waals surface area contributed by atoms with Crippen LogP contribution in [-0.2, 0) is 6.42 Å². The van der Waals surface area contributed by atoms with E-state index in [-0.39, 0.29) is 5.60 Å². The van der Waals surface area contributed by atoms with E-state index in [0.717, 1.165) is 28.6 Å². The van der Waals surface area contributed by atoms with Crippen molar-refractivity contribution in [3.8, 4) is 5.75 Å². The smallest absolute Gasteiger partial charge is 0.123 e. The summed E-state index contributed by atoms with van der Waals surface area (Å²) in [5, 5.41) is 0. The van der Waals surface area contributed by atoms with Gasteiger partial charge in [0.1, 0.15) is 11.4 Å². The first-order valence-electron chi connectivity index (χ1n) is 8.37. The summed E-state index contributed by atoms with van der Waals surface area (Å²) in [4.78, 5) is 2.71. The zero-order valence-corrected chi connectivity index (χ0v) is 14.4. The average molecular weight is 350 g/mol. The summed E-state index contributed by atoms with van der Waals surface area (Å²) in [5.41, 5.74) is 1.46. The lowest BCUT2D eigenvalue weighted by molar-refractivity contribution is -0.00849. The molecule has 21 heavy (non-hydrogen) atoms. The van der Waals surface area contributed by atoms with Crippen LogP contribution in [-0.4, -0.2) is 29.6 Å². The van der Waals surface area contributed by atoms with Crippen molar-refractivity contribution in [1.29, 1.82) is 0 Å². The molecule has 2 aliphatic heterocycles. The molecule has 1 spiro atoms. The van der Waals surface area contributed by atoms with E-state index in [2.05, 4.69) is 46.0 Å². The lowest BCUT2D eigenvalue weighted by Crippen LogP contribution is -2.52. The molecule has 2 heterocycles. The third-order valence-electron chi connectivity index (χ3n) is 5.98. The zero-order valence-electron chi connectivity index (χ0n) is 12.8. The molecule has 4 rings (SSSR count). The van der Waals surface area contributed by atoms with Crippen LogP contribution in [0.1, 0.15) is 44.6 Å². The lowest BCUT2D eigenvalue weighted by Gasteiger charge is -2.45. The fraction of sp³-hybridized carbons (Fsp3) is 0.667. The zero-order chi connectivity index (χ0) is 14.4. The first-order valence-corrected chi connectivity index (χ1v) is 9.16. The lowest BCUT2D eigenvalue weighted by atomic mass is 9.78. The average Bonchev–Trinajstić information content (AvgIpc) is 2.74. The maximum atomic E-state index is 6.37.